The number of hydrogen-bond acceptors (Lipinski definition) is 1. The third-order valence-corrected chi connectivity index (χ3v) is 11.4. The summed E-state index contributed by atoms with van der Waals surface area (Å²) in [6.45, 7) is 0. The number of fused-ring (bicyclic) bond motifs is 3. The number of aromatic nitrogens is 2. The molecule has 0 N–H and O–H groups in total. The van der Waals surface area contributed by atoms with Crippen LogP contribution in [0.3, 0.4) is 0 Å². The molecular formula is C39H34B8N2. The minimum Gasteiger partial charge on any atom is -0.292 e. The first-order valence-electron chi connectivity index (χ1n) is 17.3. The number of benzene rings is 7. The van der Waals surface area contributed by atoms with Gasteiger partial charge in [-0.15, -0.1) is 21.9 Å². The SMILES string of the molecule is Bc1c(B)c(B)c2c(-c3ccc(-n4c(-c5ccccc5)nc5ccccc54)cc3)c3c(B)c(B)c(B)c(B)c3c(-c3ccccc3)c2c1B. The summed E-state index contributed by atoms with van der Waals surface area (Å²) >= 11 is 0. The Balaban J connectivity index is 1.50. The molecule has 0 radical (unpaired) electrons. The lowest BCUT2D eigenvalue weighted by atomic mass is 9.59. The predicted octanol–water partition coefficient (Wildman–Crippen LogP) is -3.60. The molecule has 0 saturated carbocycles. The van der Waals surface area contributed by atoms with Crippen LogP contribution >= 0.6 is 0 Å². The van der Waals surface area contributed by atoms with Crippen molar-refractivity contribution >= 4 is 139 Å². The van der Waals surface area contributed by atoms with Crippen LogP contribution in [0.4, 0.5) is 0 Å². The largest absolute Gasteiger partial charge is 0.292 e. The summed E-state index contributed by atoms with van der Waals surface area (Å²) in [5, 5.41) is 5.47. The maximum absolute atomic E-state index is 5.10. The molecule has 0 atom stereocenters. The highest BCUT2D eigenvalue weighted by atomic mass is 15.1. The summed E-state index contributed by atoms with van der Waals surface area (Å²) < 4.78 is 2.30. The molecule has 0 saturated heterocycles. The minimum absolute atomic E-state index is 0.952. The van der Waals surface area contributed by atoms with Crippen LogP contribution < -0.4 is 43.7 Å². The second kappa shape index (κ2) is 11.9. The molecule has 0 bridgehead atoms. The van der Waals surface area contributed by atoms with Crippen molar-refractivity contribution in [2.24, 2.45) is 0 Å². The third-order valence-electron chi connectivity index (χ3n) is 11.4. The summed E-state index contributed by atoms with van der Waals surface area (Å²) in [4.78, 5) is 5.10. The summed E-state index contributed by atoms with van der Waals surface area (Å²) in [5.41, 5.74) is 20.5. The molecule has 0 aliphatic rings. The molecule has 1 aromatic heterocycles. The normalized spacial score (nSPS) is 11.5. The molecule has 224 valence electrons. The first-order chi connectivity index (χ1) is 23.7. The van der Waals surface area contributed by atoms with Gasteiger partial charge in [-0.25, -0.2) is 4.98 Å². The standard InChI is InChI=1S/C39H34B8N2/c40-31-27-25(19-9-3-1-4-10-19)28-30(34(43)38(47)36(45)32(28)41)26(29(27)33(42)37(46)35(31)44)20-15-17-22(18-16-20)49-24-14-8-7-13-23(24)48-39(49)21-11-5-2-6-12-21/h1-18H,40-47H2. The topological polar surface area (TPSA) is 17.8 Å². The highest BCUT2D eigenvalue weighted by Crippen LogP contribution is 2.41. The van der Waals surface area contributed by atoms with E-state index in [1.165, 1.54) is 87.5 Å². The average Bonchev–Trinajstić information content (AvgIpc) is 3.54. The maximum Gasteiger partial charge on any atom is 0.145 e. The highest BCUT2D eigenvalue weighted by molar-refractivity contribution is 6.71. The molecule has 8 aromatic rings. The number of para-hydroxylation sites is 2. The Morgan fingerprint density at radius 3 is 1.22 bits per heavy atom. The van der Waals surface area contributed by atoms with Crippen molar-refractivity contribution < 1.29 is 0 Å². The zero-order valence-electron chi connectivity index (χ0n) is 29.8. The van der Waals surface area contributed by atoms with Crippen LogP contribution in [0.25, 0.3) is 71.9 Å². The van der Waals surface area contributed by atoms with Crippen molar-refractivity contribution in [2.45, 2.75) is 0 Å². The average molecular weight is 617 g/mol. The van der Waals surface area contributed by atoms with Crippen molar-refractivity contribution in [1.82, 2.24) is 9.55 Å². The van der Waals surface area contributed by atoms with Gasteiger partial charge in [0, 0.05) is 11.3 Å². The van der Waals surface area contributed by atoms with E-state index in [1.54, 1.807) is 0 Å². The van der Waals surface area contributed by atoms with Gasteiger partial charge in [0.25, 0.3) is 0 Å². The van der Waals surface area contributed by atoms with Crippen LogP contribution in [0, 0.1) is 0 Å². The van der Waals surface area contributed by atoms with Gasteiger partial charge < -0.3 is 0 Å². The fourth-order valence-electron chi connectivity index (χ4n) is 8.15. The Morgan fingerprint density at radius 1 is 0.367 bits per heavy atom. The van der Waals surface area contributed by atoms with Gasteiger partial charge in [-0.1, -0.05) is 107 Å². The van der Waals surface area contributed by atoms with Gasteiger partial charge >= 0.3 is 0 Å². The highest BCUT2D eigenvalue weighted by Gasteiger charge is 2.25. The first kappa shape index (κ1) is 31.3. The molecule has 0 unspecified atom stereocenters. The zero-order valence-corrected chi connectivity index (χ0v) is 29.8. The third kappa shape index (κ3) is 4.71. The van der Waals surface area contributed by atoms with Gasteiger partial charge in [-0.2, -0.15) is 0 Å². The molecule has 0 fully saturated rings. The van der Waals surface area contributed by atoms with Crippen LogP contribution in [-0.4, -0.2) is 72.3 Å². The van der Waals surface area contributed by atoms with Crippen molar-refractivity contribution in [3.63, 3.8) is 0 Å². The number of imidazole rings is 1. The molecular weight excluding hydrogens is 583 g/mol. The van der Waals surface area contributed by atoms with Gasteiger partial charge in [0.15, 0.2) is 0 Å². The van der Waals surface area contributed by atoms with Crippen molar-refractivity contribution in [2.75, 3.05) is 0 Å². The van der Waals surface area contributed by atoms with Crippen LogP contribution in [-0.2, 0) is 0 Å². The van der Waals surface area contributed by atoms with E-state index < -0.39 is 0 Å². The molecule has 1 heterocycles. The van der Waals surface area contributed by atoms with Gasteiger partial charge in [-0.05, 0) is 68.1 Å². The summed E-state index contributed by atoms with van der Waals surface area (Å²) in [7, 11) is 18.5. The number of nitrogens with zero attached hydrogens (tertiary/aromatic N) is 2. The number of hydrogen-bond donors (Lipinski definition) is 0. The van der Waals surface area contributed by atoms with Gasteiger partial charge in [0.05, 0.1) is 11.0 Å². The first-order valence-corrected chi connectivity index (χ1v) is 17.3. The van der Waals surface area contributed by atoms with Crippen LogP contribution in [0.5, 0.6) is 0 Å². The molecule has 10 heteroatoms. The molecule has 8 rings (SSSR count). The van der Waals surface area contributed by atoms with E-state index in [9.17, 15) is 0 Å². The molecule has 49 heavy (non-hydrogen) atoms. The lowest BCUT2D eigenvalue weighted by Gasteiger charge is -2.28. The van der Waals surface area contributed by atoms with E-state index >= 15 is 0 Å². The van der Waals surface area contributed by atoms with Crippen molar-refractivity contribution in [3.8, 4) is 39.3 Å². The van der Waals surface area contributed by atoms with Gasteiger partial charge in [0.2, 0.25) is 0 Å². The number of rotatable bonds is 4. The van der Waals surface area contributed by atoms with E-state index in [1.807, 2.05) is 0 Å². The zero-order chi connectivity index (χ0) is 34.1. The summed E-state index contributed by atoms with van der Waals surface area (Å²) in [6, 6.07) is 39.2. The summed E-state index contributed by atoms with van der Waals surface area (Å²) in [6.07, 6.45) is 0. The summed E-state index contributed by atoms with van der Waals surface area (Å²) in [5.74, 6) is 0.952. The van der Waals surface area contributed by atoms with Crippen LogP contribution in [0.15, 0.2) is 109 Å². The van der Waals surface area contributed by atoms with E-state index in [0.29, 0.717) is 0 Å². The maximum atomic E-state index is 5.10. The fourth-order valence-corrected chi connectivity index (χ4v) is 8.15. The van der Waals surface area contributed by atoms with Crippen molar-refractivity contribution in [1.29, 1.82) is 0 Å². The Labute approximate surface area is 296 Å². The Kier molecular flexibility index (Phi) is 7.59. The van der Waals surface area contributed by atoms with E-state index in [0.717, 1.165) is 28.1 Å². The van der Waals surface area contributed by atoms with Gasteiger partial charge in [-0.3, -0.25) is 4.57 Å². The second-order valence-corrected chi connectivity index (χ2v) is 13.8. The fraction of sp³-hybridized carbons (Fsp3) is 0. The molecule has 7 aromatic carbocycles. The molecule has 0 amide bonds. The second-order valence-electron chi connectivity index (χ2n) is 13.8. The Morgan fingerprint density at radius 2 is 0.755 bits per heavy atom. The van der Waals surface area contributed by atoms with Crippen LogP contribution in [0.2, 0.25) is 0 Å². The molecule has 0 spiro atoms. The Bertz CT molecular complexity index is 2540. The molecule has 2 nitrogen and oxygen atoms in total. The lowest BCUT2D eigenvalue weighted by molar-refractivity contribution is 1.10. The van der Waals surface area contributed by atoms with E-state index in [4.69, 9.17) is 4.98 Å². The predicted molar refractivity (Wildman–Crippen MR) is 238 cm³/mol. The van der Waals surface area contributed by atoms with E-state index in [2.05, 4.69) is 177 Å². The van der Waals surface area contributed by atoms with Crippen LogP contribution in [0.1, 0.15) is 0 Å². The lowest BCUT2D eigenvalue weighted by Crippen LogP contribution is -2.50. The smallest absolute Gasteiger partial charge is 0.145 e. The molecule has 0 aliphatic carbocycles. The Hall–Kier alpha value is -4.95. The van der Waals surface area contributed by atoms with E-state index in [-0.39, 0.29) is 0 Å². The van der Waals surface area contributed by atoms with Crippen molar-refractivity contribution in [3.05, 3.63) is 109 Å². The molecule has 0 aliphatic heterocycles. The quantitative estimate of drug-likeness (QED) is 0.148. The minimum atomic E-state index is 0.952. The monoisotopic (exact) mass is 618 g/mol. The van der Waals surface area contributed by atoms with Gasteiger partial charge in [0.1, 0.15) is 68.6 Å².